The highest BCUT2D eigenvalue weighted by Gasteiger charge is 2.22. The first-order chi connectivity index (χ1) is 18.0. The molecule has 9 heteroatoms. The van der Waals surface area contributed by atoms with E-state index in [2.05, 4.69) is 22.2 Å². The van der Waals surface area contributed by atoms with Crippen molar-refractivity contribution in [3.05, 3.63) is 70.9 Å². The standard InChI is InChI=1S/C28H35N7O2/c1-21(32-16-6-7-17-32)14-15-29-24(36)13-10-20-34-28(37)25-26(22(2)30-34)31-35(23-11-4-3-5-12-23)27(25)33-18-8-9-19-33/h3-5,8-9,11-12,18-19,21H,6-7,10,13-17,20H2,1-2H3,(H,29,36)/t21-/m1/s1. The summed E-state index contributed by atoms with van der Waals surface area (Å²) < 4.78 is 5.18. The molecule has 0 radical (unpaired) electrons. The molecule has 194 valence electrons. The number of amides is 1. The second kappa shape index (κ2) is 11.1. The van der Waals surface area contributed by atoms with Crippen molar-refractivity contribution in [2.75, 3.05) is 19.6 Å². The summed E-state index contributed by atoms with van der Waals surface area (Å²) in [6.45, 7) is 7.48. The number of nitrogens with zero attached hydrogens (tertiary/aromatic N) is 6. The van der Waals surface area contributed by atoms with E-state index in [1.165, 1.54) is 17.5 Å². The molecule has 0 unspecified atom stereocenters. The zero-order chi connectivity index (χ0) is 25.8. The van der Waals surface area contributed by atoms with E-state index in [1.807, 2.05) is 66.3 Å². The highest BCUT2D eigenvalue weighted by molar-refractivity contribution is 5.87. The normalized spacial score (nSPS) is 14.9. The van der Waals surface area contributed by atoms with E-state index < -0.39 is 0 Å². The Kier molecular flexibility index (Phi) is 7.50. The average molecular weight is 502 g/mol. The van der Waals surface area contributed by atoms with Crippen molar-refractivity contribution in [3.8, 4) is 11.5 Å². The van der Waals surface area contributed by atoms with Gasteiger partial charge in [-0.2, -0.15) is 10.2 Å². The largest absolute Gasteiger partial charge is 0.356 e. The molecule has 0 aliphatic carbocycles. The minimum atomic E-state index is -0.202. The summed E-state index contributed by atoms with van der Waals surface area (Å²) in [6.07, 6.45) is 8.21. The third kappa shape index (κ3) is 5.36. The van der Waals surface area contributed by atoms with E-state index in [4.69, 9.17) is 5.10 Å². The lowest BCUT2D eigenvalue weighted by molar-refractivity contribution is -0.121. The van der Waals surface area contributed by atoms with Crippen molar-refractivity contribution in [1.29, 1.82) is 0 Å². The molecular weight excluding hydrogens is 466 g/mol. The molecule has 0 bridgehead atoms. The average Bonchev–Trinajstić information content (AvgIpc) is 3.68. The number of rotatable bonds is 10. The van der Waals surface area contributed by atoms with Crippen LogP contribution < -0.4 is 10.9 Å². The minimum Gasteiger partial charge on any atom is -0.356 e. The molecule has 1 aliphatic heterocycles. The molecule has 1 aromatic carbocycles. The Hall–Kier alpha value is -3.72. The lowest BCUT2D eigenvalue weighted by Crippen LogP contribution is -2.34. The molecule has 0 spiro atoms. The van der Waals surface area contributed by atoms with Gasteiger partial charge < -0.3 is 14.8 Å². The van der Waals surface area contributed by atoms with Crippen molar-refractivity contribution in [1.82, 2.24) is 34.3 Å². The first-order valence-electron chi connectivity index (χ1n) is 13.2. The number of carbonyl (C=O) groups is 1. The molecule has 1 atom stereocenters. The summed E-state index contributed by atoms with van der Waals surface area (Å²) in [5, 5.41) is 12.9. The lowest BCUT2D eigenvalue weighted by atomic mass is 10.2. The van der Waals surface area contributed by atoms with E-state index >= 15 is 0 Å². The molecule has 5 rings (SSSR count). The van der Waals surface area contributed by atoms with Crippen LogP contribution in [0.4, 0.5) is 0 Å². The number of aryl methyl sites for hydroxylation is 2. The SMILES string of the molecule is Cc1nn(CCCC(=O)NCC[C@@H](C)N2CCCC2)c(=O)c2c(-n3cccc3)n(-c3ccccc3)nc12. The fraction of sp³-hybridized carbons (Fsp3) is 0.429. The summed E-state index contributed by atoms with van der Waals surface area (Å²) in [4.78, 5) is 28.5. The van der Waals surface area contributed by atoms with Crippen LogP contribution in [0.3, 0.4) is 0 Å². The van der Waals surface area contributed by atoms with E-state index in [0.717, 1.165) is 25.2 Å². The molecule has 37 heavy (non-hydrogen) atoms. The monoisotopic (exact) mass is 501 g/mol. The molecule has 1 fully saturated rings. The van der Waals surface area contributed by atoms with Crippen LogP contribution in [0, 0.1) is 6.92 Å². The lowest BCUT2D eigenvalue weighted by Gasteiger charge is -2.23. The zero-order valence-electron chi connectivity index (χ0n) is 21.6. The van der Waals surface area contributed by atoms with Gasteiger partial charge in [-0.05, 0) is 76.9 Å². The third-order valence-electron chi connectivity index (χ3n) is 7.19. The molecule has 3 aromatic heterocycles. The van der Waals surface area contributed by atoms with Gasteiger partial charge in [-0.25, -0.2) is 9.36 Å². The van der Waals surface area contributed by atoms with Gasteiger partial charge in [0.1, 0.15) is 10.9 Å². The van der Waals surface area contributed by atoms with E-state index in [9.17, 15) is 9.59 Å². The van der Waals surface area contributed by atoms with Gasteiger partial charge in [0.2, 0.25) is 5.91 Å². The number of nitrogens with one attached hydrogen (secondary N) is 1. The number of likely N-dealkylation sites (tertiary alicyclic amines) is 1. The molecule has 1 amide bonds. The smallest absolute Gasteiger partial charge is 0.280 e. The number of para-hydroxylation sites is 1. The molecular formula is C28H35N7O2. The van der Waals surface area contributed by atoms with E-state index in [1.54, 1.807) is 4.68 Å². The van der Waals surface area contributed by atoms with Crippen LogP contribution in [-0.4, -0.2) is 60.6 Å². The zero-order valence-corrected chi connectivity index (χ0v) is 21.6. The maximum atomic E-state index is 13.6. The van der Waals surface area contributed by atoms with Gasteiger partial charge in [-0.3, -0.25) is 9.59 Å². The van der Waals surface area contributed by atoms with Crippen LogP contribution in [0.15, 0.2) is 59.7 Å². The Morgan fingerprint density at radius 2 is 1.78 bits per heavy atom. The topological polar surface area (TPSA) is 90.0 Å². The Balaban J connectivity index is 1.30. The molecule has 1 N–H and O–H groups in total. The molecule has 1 aliphatic rings. The summed E-state index contributed by atoms with van der Waals surface area (Å²) in [5.74, 6) is 0.699. The maximum absolute atomic E-state index is 13.6. The number of fused-ring (bicyclic) bond motifs is 1. The second-order valence-corrected chi connectivity index (χ2v) is 9.83. The fourth-order valence-corrected chi connectivity index (χ4v) is 5.14. The van der Waals surface area contributed by atoms with Gasteiger partial charge in [-0.1, -0.05) is 18.2 Å². The molecule has 9 nitrogen and oxygen atoms in total. The first kappa shape index (κ1) is 25.0. The molecule has 4 heterocycles. The van der Waals surface area contributed by atoms with Crippen LogP contribution in [0.5, 0.6) is 0 Å². The quantitative estimate of drug-likeness (QED) is 0.360. The highest BCUT2D eigenvalue weighted by Crippen LogP contribution is 2.24. The molecule has 4 aromatic rings. The number of hydrogen-bond acceptors (Lipinski definition) is 5. The summed E-state index contributed by atoms with van der Waals surface area (Å²) in [5.41, 5.74) is 1.92. The first-order valence-corrected chi connectivity index (χ1v) is 13.2. The number of carbonyl (C=O) groups excluding carboxylic acids is 1. The highest BCUT2D eigenvalue weighted by atomic mass is 16.1. The predicted octanol–water partition coefficient (Wildman–Crippen LogP) is 3.45. The Bertz CT molecular complexity index is 1400. The van der Waals surface area contributed by atoms with Crippen LogP contribution in [-0.2, 0) is 11.3 Å². The fourth-order valence-electron chi connectivity index (χ4n) is 5.14. The van der Waals surface area contributed by atoms with Gasteiger partial charge in [0.15, 0.2) is 5.82 Å². The van der Waals surface area contributed by atoms with Crippen molar-refractivity contribution in [2.24, 2.45) is 0 Å². The Morgan fingerprint density at radius 3 is 2.51 bits per heavy atom. The molecule has 1 saturated heterocycles. The van der Waals surface area contributed by atoms with Crippen LogP contribution >= 0.6 is 0 Å². The molecule has 0 saturated carbocycles. The minimum absolute atomic E-state index is 0.0180. The second-order valence-electron chi connectivity index (χ2n) is 9.83. The van der Waals surface area contributed by atoms with Crippen LogP contribution in [0.2, 0.25) is 0 Å². The number of benzene rings is 1. The van der Waals surface area contributed by atoms with Crippen molar-refractivity contribution < 1.29 is 4.79 Å². The van der Waals surface area contributed by atoms with Crippen molar-refractivity contribution in [3.63, 3.8) is 0 Å². The Morgan fingerprint density at radius 1 is 1.05 bits per heavy atom. The van der Waals surface area contributed by atoms with Gasteiger partial charge in [0.05, 0.1) is 11.4 Å². The number of aromatic nitrogens is 5. The summed E-state index contributed by atoms with van der Waals surface area (Å²) in [7, 11) is 0. The third-order valence-corrected chi connectivity index (χ3v) is 7.19. The summed E-state index contributed by atoms with van der Waals surface area (Å²) >= 11 is 0. The van der Waals surface area contributed by atoms with Crippen molar-refractivity contribution in [2.45, 2.75) is 58.5 Å². The maximum Gasteiger partial charge on any atom is 0.280 e. The number of hydrogen-bond donors (Lipinski definition) is 1. The Labute approximate surface area is 216 Å². The van der Waals surface area contributed by atoms with Gasteiger partial charge in [0.25, 0.3) is 5.56 Å². The predicted molar refractivity (Wildman–Crippen MR) is 144 cm³/mol. The van der Waals surface area contributed by atoms with Crippen LogP contribution in [0.25, 0.3) is 22.4 Å². The van der Waals surface area contributed by atoms with Gasteiger partial charge in [-0.15, -0.1) is 0 Å². The van der Waals surface area contributed by atoms with E-state index in [0.29, 0.717) is 54.4 Å². The summed E-state index contributed by atoms with van der Waals surface area (Å²) in [6, 6.07) is 14.1. The van der Waals surface area contributed by atoms with E-state index in [-0.39, 0.29) is 11.5 Å². The van der Waals surface area contributed by atoms with Gasteiger partial charge >= 0.3 is 0 Å². The van der Waals surface area contributed by atoms with Crippen molar-refractivity contribution >= 4 is 16.8 Å². The van der Waals surface area contributed by atoms with Crippen LogP contribution in [0.1, 0.15) is 44.7 Å². The van der Waals surface area contributed by atoms with Gasteiger partial charge in [0, 0.05) is 37.9 Å².